The minimum atomic E-state index is -3.48. The van der Waals surface area contributed by atoms with Crippen LogP contribution in [0.3, 0.4) is 0 Å². The van der Waals surface area contributed by atoms with E-state index in [1.54, 1.807) is 17.2 Å². The molecule has 6 nitrogen and oxygen atoms in total. The summed E-state index contributed by atoms with van der Waals surface area (Å²) < 4.78 is 27.6. The Balaban J connectivity index is 1.68. The topological polar surface area (TPSA) is 93.6 Å². The van der Waals surface area contributed by atoms with Crippen LogP contribution in [0, 0.1) is 5.92 Å². The Kier molecular flexibility index (Phi) is 3.33. The molecule has 1 saturated carbocycles. The maximum absolute atomic E-state index is 12.5. The van der Waals surface area contributed by atoms with E-state index in [2.05, 4.69) is 0 Å². The number of amides is 1. The molecule has 2 aliphatic rings. The summed E-state index contributed by atoms with van der Waals surface area (Å²) in [6.07, 6.45) is 4.38. The molecule has 1 aliphatic carbocycles. The number of primary sulfonamides is 1. The lowest BCUT2D eigenvalue weighted by atomic mass is 10.1. The Hall–Kier alpha value is -1.34. The van der Waals surface area contributed by atoms with E-state index >= 15 is 0 Å². The number of carbonyl (C=O) groups is 1. The van der Waals surface area contributed by atoms with Gasteiger partial charge in [0.15, 0.2) is 0 Å². The van der Waals surface area contributed by atoms with Gasteiger partial charge in [-0.05, 0) is 31.2 Å². The number of rotatable bonds is 4. The van der Waals surface area contributed by atoms with Gasteiger partial charge in [-0.2, -0.15) is 0 Å². The highest BCUT2D eigenvalue weighted by Crippen LogP contribution is 2.42. The number of hydrogen-bond donors (Lipinski definition) is 1. The second kappa shape index (κ2) is 4.89. The van der Waals surface area contributed by atoms with Gasteiger partial charge in [0.1, 0.15) is 5.76 Å². The van der Waals surface area contributed by atoms with Crippen LogP contribution in [0.1, 0.15) is 41.3 Å². The maximum atomic E-state index is 12.5. The molecular weight excluding hydrogens is 280 g/mol. The molecule has 1 aromatic heterocycles. The number of likely N-dealkylation sites (tertiary alicyclic amines) is 1. The lowest BCUT2D eigenvalue weighted by Crippen LogP contribution is -2.31. The predicted molar refractivity (Wildman–Crippen MR) is 72.7 cm³/mol. The van der Waals surface area contributed by atoms with Crippen LogP contribution in [0.15, 0.2) is 16.7 Å². The zero-order chi connectivity index (χ0) is 14.3. The molecule has 0 aromatic carbocycles. The highest BCUT2D eigenvalue weighted by molar-refractivity contribution is 7.89. The van der Waals surface area contributed by atoms with Crippen LogP contribution >= 0.6 is 0 Å². The highest BCUT2D eigenvalue weighted by atomic mass is 32.2. The number of sulfonamides is 1. The van der Waals surface area contributed by atoms with Crippen molar-refractivity contribution in [1.29, 1.82) is 0 Å². The van der Waals surface area contributed by atoms with Crippen molar-refractivity contribution >= 4 is 15.9 Å². The van der Waals surface area contributed by atoms with Gasteiger partial charge in [0.25, 0.3) is 5.91 Å². The first kappa shape index (κ1) is 13.6. The van der Waals surface area contributed by atoms with Crippen molar-refractivity contribution in [3.8, 4) is 0 Å². The minimum Gasteiger partial charge on any atom is -0.468 e. The molecule has 0 bridgehead atoms. The average molecular weight is 298 g/mol. The van der Waals surface area contributed by atoms with E-state index in [1.165, 1.54) is 0 Å². The molecule has 2 fully saturated rings. The van der Waals surface area contributed by atoms with E-state index in [1.807, 2.05) is 0 Å². The van der Waals surface area contributed by atoms with Crippen LogP contribution in [0.5, 0.6) is 0 Å². The molecule has 1 atom stereocenters. The molecule has 1 saturated heterocycles. The van der Waals surface area contributed by atoms with E-state index in [0.29, 0.717) is 31.0 Å². The number of carbonyl (C=O) groups excluding carboxylic acids is 1. The quantitative estimate of drug-likeness (QED) is 0.894. The van der Waals surface area contributed by atoms with E-state index < -0.39 is 10.0 Å². The first-order valence-electron chi connectivity index (χ1n) is 6.81. The van der Waals surface area contributed by atoms with Crippen LogP contribution < -0.4 is 5.14 Å². The fourth-order valence-corrected chi connectivity index (χ4v) is 3.74. The second-order valence-electron chi connectivity index (χ2n) is 5.71. The van der Waals surface area contributed by atoms with Crippen molar-refractivity contribution in [2.45, 2.75) is 25.2 Å². The second-order valence-corrected chi connectivity index (χ2v) is 7.37. The van der Waals surface area contributed by atoms with Crippen LogP contribution in [0.4, 0.5) is 0 Å². The monoisotopic (exact) mass is 298 g/mol. The first-order valence-corrected chi connectivity index (χ1v) is 8.53. The molecule has 3 rings (SSSR count). The first-order chi connectivity index (χ1) is 9.44. The van der Waals surface area contributed by atoms with Crippen LogP contribution in [0.2, 0.25) is 0 Å². The summed E-state index contributed by atoms with van der Waals surface area (Å²) in [5.41, 5.74) is 0.628. The summed E-state index contributed by atoms with van der Waals surface area (Å²) in [7, 11) is -3.48. The molecule has 2 N–H and O–H groups in total. The Morgan fingerprint density at radius 3 is 2.80 bits per heavy atom. The number of hydrogen-bond acceptors (Lipinski definition) is 4. The Labute approximate surface area is 118 Å². The molecule has 20 heavy (non-hydrogen) atoms. The fourth-order valence-electron chi connectivity index (χ4n) is 2.81. The smallest absolute Gasteiger partial charge is 0.257 e. The standard InChI is InChI=1S/C13H18N2O4S/c14-20(17,18)8-9-3-5-15(7-9)13(16)11-4-6-19-12(11)10-1-2-10/h4,6,9-10H,1-3,5,7-8H2,(H2,14,17,18). The zero-order valence-corrected chi connectivity index (χ0v) is 11.9. The van der Waals surface area contributed by atoms with E-state index in [4.69, 9.17) is 9.56 Å². The van der Waals surface area contributed by atoms with Gasteiger partial charge in [0.2, 0.25) is 10.0 Å². The van der Waals surface area contributed by atoms with Gasteiger partial charge in [0, 0.05) is 19.0 Å². The Morgan fingerprint density at radius 1 is 1.40 bits per heavy atom. The molecule has 1 aromatic rings. The maximum Gasteiger partial charge on any atom is 0.257 e. The van der Waals surface area contributed by atoms with Crippen molar-refractivity contribution in [3.05, 3.63) is 23.7 Å². The van der Waals surface area contributed by atoms with Gasteiger partial charge >= 0.3 is 0 Å². The number of nitrogens with zero attached hydrogens (tertiary/aromatic N) is 1. The van der Waals surface area contributed by atoms with E-state index in [9.17, 15) is 13.2 Å². The zero-order valence-electron chi connectivity index (χ0n) is 11.1. The molecule has 110 valence electrons. The molecule has 0 spiro atoms. The molecule has 7 heteroatoms. The third-order valence-electron chi connectivity index (χ3n) is 3.91. The van der Waals surface area contributed by atoms with Gasteiger partial charge in [-0.1, -0.05) is 0 Å². The molecule has 2 heterocycles. The molecule has 1 unspecified atom stereocenters. The largest absolute Gasteiger partial charge is 0.468 e. The lowest BCUT2D eigenvalue weighted by molar-refractivity contribution is 0.0786. The van der Waals surface area contributed by atoms with E-state index in [0.717, 1.165) is 18.6 Å². The van der Waals surface area contributed by atoms with Gasteiger partial charge in [-0.15, -0.1) is 0 Å². The molecule has 1 aliphatic heterocycles. The normalized spacial score (nSPS) is 23.2. The number of furan rings is 1. The van der Waals surface area contributed by atoms with Gasteiger partial charge in [-0.3, -0.25) is 4.79 Å². The predicted octanol–water partition coefficient (Wildman–Crippen LogP) is 0.908. The molecule has 0 radical (unpaired) electrons. The van der Waals surface area contributed by atoms with Crippen molar-refractivity contribution in [1.82, 2.24) is 4.90 Å². The van der Waals surface area contributed by atoms with Crippen molar-refractivity contribution in [3.63, 3.8) is 0 Å². The van der Waals surface area contributed by atoms with Crippen LogP contribution in [0.25, 0.3) is 0 Å². The Bertz CT molecular complexity index is 618. The summed E-state index contributed by atoms with van der Waals surface area (Å²) in [6, 6.07) is 1.71. The SMILES string of the molecule is NS(=O)(=O)CC1CCN(C(=O)c2ccoc2C2CC2)C1. The molecule has 1 amide bonds. The molecular formula is C13H18N2O4S. The third kappa shape index (κ3) is 2.88. The number of nitrogens with two attached hydrogens (primary N) is 1. The van der Waals surface area contributed by atoms with Gasteiger partial charge in [0.05, 0.1) is 17.6 Å². The average Bonchev–Trinajstić information content (AvgIpc) is 2.91. The lowest BCUT2D eigenvalue weighted by Gasteiger charge is -2.16. The summed E-state index contributed by atoms with van der Waals surface area (Å²) >= 11 is 0. The fraction of sp³-hybridized carbons (Fsp3) is 0.615. The summed E-state index contributed by atoms with van der Waals surface area (Å²) in [6.45, 7) is 1.03. The van der Waals surface area contributed by atoms with Crippen molar-refractivity contribution < 1.29 is 17.6 Å². The van der Waals surface area contributed by atoms with Crippen molar-refractivity contribution in [2.75, 3.05) is 18.8 Å². The van der Waals surface area contributed by atoms with Gasteiger partial charge < -0.3 is 9.32 Å². The van der Waals surface area contributed by atoms with E-state index in [-0.39, 0.29) is 17.6 Å². The van der Waals surface area contributed by atoms with Crippen LogP contribution in [-0.4, -0.2) is 38.1 Å². The van der Waals surface area contributed by atoms with Crippen LogP contribution in [-0.2, 0) is 10.0 Å². The third-order valence-corrected chi connectivity index (χ3v) is 4.85. The van der Waals surface area contributed by atoms with Gasteiger partial charge in [-0.25, -0.2) is 13.6 Å². The highest BCUT2D eigenvalue weighted by Gasteiger charge is 2.35. The summed E-state index contributed by atoms with van der Waals surface area (Å²) in [5, 5.41) is 5.06. The summed E-state index contributed by atoms with van der Waals surface area (Å²) in [5.74, 6) is 0.983. The summed E-state index contributed by atoms with van der Waals surface area (Å²) in [4.78, 5) is 14.2. The van der Waals surface area contributed by atoms with Crippen molar-refractivity contribution in [2.24, 2.45) is 11.1 Å². The Morgan fingerprint density at radius 2 is 2.15 bits per heavy atom. The minimum absolute atomic E-state index is 0.0578.